The molecule has 0 radical (unpaired) electrons. The molecule has 0 bridgehead atoms. The van der Waals surface area contributed by atoms with Gasteiger partial charge in [-0.15, -0.1) is 11.8 Å². The topological polar surface area (TPSA) is 83.6 Å². The van der Waals surface area contributed by atoms with Gasteiger partial charge in [-0.1, -0.05) is 12.1 Å². The molecule has 25 heavy (non-hydrogen) atoms. The molecule has 1 aromatic carbocycles. The summed E-state index contributed by atoms with van der Waals surface area (Å²) in [7, 11) is 0. The van der Waals surface area contributed by atoms with Gasteiger partial charge in [0.15, 0.2) is 6.54 Å². The summed E-state index contributed by atoms with van der Waals surface area (Å²) in [6.07, 6.45) is 1.75. The number of hydrogen-bond acceptors (Lipinski definition) is 5. The van der Waals surface area contributed by atoms with Crippen molar-refractivity contribution in [3.05, 3.63) is 24.3 Å². The Hall–Kier alpha value is -2.04. The fourth-order valence-corrected chi connectivity index (χ4v) is 3.67. The van der Waals surface area contributed by atoms with Gasteiger partial charge in [-0.25, -0.2) is 0 Å². The normalized spacial score (nSPS) is 19.7. The summed E-state index contributed by atoms with van der Waals surface area (Å²) >= 11 is 1.40. The van der Waals surface area contributed by atoms with E-state index in [1.165, 1.54) is 11.8 Å². The maximum absolute atomic E-state index is 12.4. The second-order valence-electron chi connectivity index (χ2n) is 5.96. The molecule has 0 aliphatic carbocycles. The molecule has 1 fully saturated rings. The first-order valence-electron chi connectivity index (χ1n) is 8.52. The standard InChI is InChI=1S/C18H23N3O3S/c1-2-24-18(23)14-6-5-10-21(12-14)13-17(22)20-15-7-3-4-8-16(15)25-11-9-19/h3-4,7-8,14H,2,5-6,10-13H2,1H3,(H,20,22)/p+1/t14-/m0/s1. The van der Waals surface area contributed by atoms with Crippen molar-refractivity contribution in [1.82, 2.24) is 0 Å². The molecule has 7 heteroatoms. The predicted octanol–water partition coefficient (Wildman–Crippen LogP) is 1.10. The highest BCUT2D eigenvalue weighted by atomic mass is 32.2. The van der Waals surface area contributed by atoms with Crippen LogP contribution < -0.4 is 10.2 Å². The van der Waals surface area contributed by atoms with Gasteiger partial charge in [0.05, 0.1) is 37.2 Å². The van der Waals surface area contributed by atoms with Crippen molar-refractivity contribution in [3.8, 4) is 6.07 Å². The van der Waals surface area contributed by atoms with Crippen molar-refractivity contribution < 1.29 is 19.2 Å². The molecule has 2 rings (SSSR count). The SMILES string of the molecule is CCOC(=O)[C@H]1CCC[NH+](CC(=O)Nc2ccccc2SCC#N)C1. The molecule has 1 aliphatic heterocycles. The van der Waals surface area contributed by atoms with Crippen LogP contribution in [0.3, 0.4) is 0 Å². The first-order chi connectivity index (χ1) is 12.1. The number of likely N-dealkylation sites (tertiary alicyclic amines) is 1. The van der Waals surface area contributed by atoms with Gasteiger partial charge in [-0.05, 0) is 31.9 Å². The zero-order valence-corrected chi connectivity index (χ0v) is 15.2. The number of hydrogen-bond donors (Lipinski definition) is 2. The Balaban J connectivity index is 1.90. The minimum absolute atomic E-state index is 0.0792. The lowest BCUT2D eigenvalue weighted by Gasteiger charge is -2.28. The number of benzene rings is 1. The monoisotopic (exact) mass is 362 g/mol. The number of carbonyl (C=O) groups excluding carboxylic acids is 2. The average molecular weight is 362 g/mol. The van der Waals surface area contributed by atoms with Crippen molar-refractivity contribution in [2.45, 2.75) is 24.7 Å². The number of esters is 1. The molecule has 6 nitrogen and oxygen atoms in total. The maximum atomic E-state index is 12.4. The minimum Gasteiger partial charge on any atom is -0.466 e. The van der Waals surface area contributed by atoms with Gasteiger partial charge >= 0.3 is 5.97 Å². The van der Waals surface area contributed by atoms with Crippen LogP contribution in [0.25, 0.3) is 0 Å². The van der Waals surface area contributed by atoms with Gasteiger partial charge in [-0.3, -0.25) is 9.59 Å². The van der Waals surface area contributed by atoms with Crippen molar-refractivity contribution in [2.24, 2.45) is 5.92 Å². The highest BCUT2D eigenvalue weighted by Gasteiger charge is 2.30. The quantitative estimate of drug-likeness (QED) is 0.561. The van der Waals surface area contributed by atoms with E-state index in [1.807, 2.05) is 24.3 Å². The third kappa shape index (κ3) is 6.07. The lowest BCUT2D eigenvalue weighted by atomic mass is 9.98. The smallest absolute Gasteiger partial charge is 0.314 e. The van der Waals surface area contributed by atoms with Gasteiger partial charge < -0.3 is 15.0 Å². The van der Waals surface area contributed by atoms with Crippen LogP contribution >= 0.6 is 11.8 Å². The summed E-state index contributed by atoms with van der Waals surface area (Å²) in [6, 6.07) is 9.56. The molecule has 2 atom stereocenters. The first kappa shape index (κ1) is 19.3. The summed E-state index contributed by atoms with van der Waals surface area (Å²) in [4.78, 5) is 26.3. The van der Waals surface area contributed by atoms with Gasteiger partial charge in [-0.2, -0.15) is 5.26 Å². The molecule has 134 valence electrons. The molecule has 1 aliphatic rings. The van der Waals surface area contributed by atoms with Crippen LogP contribution in [0, 0.1) is 17.2 Å². The van der Waals surface area contributed by atoms with E-state index in [0.717, 1.165) is 34.9 Å². The number of anilines is 1. The number of nitrogens with zero attached hydrogens (tertiary/aromatic N) is 1. The average Bonchev–Trinajstić information content (AvgIpc) is 2.61. The van der Waals surface area contributed by atoms with E-state index < -0.39 is 0 Å². The number of nitrogens with one attached hydrogen (secondary N) is 2. The number of quaternary nitrogens is 1. The lowest BCUT2D eigenvalue weighted by Crippen LogP contribution is -3.14. The van der Waals surface area contributed by atoms with Crippen LogP contribution in [-0.2, 0) is 14.3 Å². The van der Waals surface area contributed by atoms with Crippen molar-refractivity contribution in [1.29, 1.82) is 5.26 Å². The molecular formula is C18H24N3O3S+. The van der Waals surface area contributed by atoms with E-state index in [9.17, 15) is 9.59 Å². The third-order valence-electron chi connectivity index (χ3n) is 4.10. The zero-order valence-electron chi connectivity index (χ0n) is 14.4. The van der Waals surface area contributed by atoms with Crippen LogP contribution in [0.2, 0.25) is 0 Å². The molecule has 1 amide bonds. The molecular weight excluding hydrogens is 338 g/mol. The summed E-state index contributed by atoms with van der Waals surface area (Å²) in [6.45, 7) is 4.04. The van der Waals surface area contributed by atoms with E-state index in [4.69, 9.17) is 10.00 Å². The first-order valence-corrected chi connectivity index (χ1v) is 9.51. The Morgan fingerprint density at radius 1 is 1.44 bits per heavy atom. The van der Waals surface area contributed by atoms with Crippen LogP contribution in [0.1, 0.15) is 19.8 Å². The number of para-hydroxylation sites is 1. The predicted molar refractivity (Wildman–Crippen MR) is 96.3 cm³/mol. The Morgan fingerprint density at radius 2 is 2.24 bits per heavy atom. The van der Waals surface area contributed by atoms with Crippen LogP contribution in [-0.4, -0.2) is 43.9 Å². The van der Waals surface area contributed by atoms with Crippen molar-refractivity contribution in [3.63, 3.8) is 0 Å². The Kier molecular flexibility index (Phi) is 7.76. The van der Waals surface area contributed by atoms with Crippen LogP contribution in [0.4, 0.5) is 5.69 Å². The number of nitriles is 1. The van der Waals surface area contributed by atoms with E-state index in [-0.39, 0.29) is 17.8 Å². The summed E-state index contributed by atoms with van der Waals surface area (Å²) in [5.74, 6) is -0.0104. The van der Waals surface area contributed by atoms with E-state index in [0.29, 0.717) is 25.4 Å². The number of rotatable bonds is 7. The van der Waals surface area contributed by atoms with Gasteiger partial charge in [0.2, 0.25) is 0 Å². The maximum Gasteiger partial charge on any atom is 0.314 e. The molecule has 0 aromatic heterocycles. The number of carbonyl (C=O) groups is 2. The largest absolute Gasteiger partial charge is 0.466 e. The minimum atomic E-state index is -0.154. The van der Waals surface area contributed by atoms with Crippen LogP contribution in [0.5, 0.6) is 0 Å². The van der Waals surface area contributed by atoms with E-state index in [2.05, 4.69) is 11.4 Å². The van der Waals surface area contributed by atoms with Gasteiger partial charge in [0.25, 0.3) is 5.91 Å². The fraction of sp³-hybridized carbons (Fsp3) is 0.500. The highest BCUT2D eigenvalue weighted by Crippen LogP contribution is 2.26. The van der Waals surface area contributed by atoms with Gasteiger partial charge in [0.1, 0.15) is 5.92 Å². The molecule has 0 saturated carbocycles. The van der Waals surface area contributed by atoms with Crippen LogP contribution in [0.15, 0.2) is 29.2 Å². The Bertz CT molecular complexity index is 645. The van der Waals surface area contributed by atoms with E-state index >= 15 is 0 Å². The van der Waals surface area contributed by atoms with Crippen molar-refractivity contribution in [2.75, 3.05) is 37.3 Å². The lowest BCUT2D eigenvalue weighted by molar-refractivity contribution is -0.899. The molecule has 1 heterocycles. The third-order valence-corrected chi connectivity index (χ3v) is 5.04. The highest BCUT2D eigenvalue weighted by molar-refractivity contribution is 7.99. The number of piperidine rings is 1. The van der Waals surface area contributed by atoms with Crippen molar-refractivity contribution >= 4 is 29.3 Å². The molecule has 0 spiro atoms. The molecule has 1 aromatic rings. The fourth-order valence-electron chi connectivity index (χ4n) is 3.00. The number of ether oxygens (including phenoxy) is 1. The summed E-state index contributed by atoms with van der Waals surface area (Å²) in [5, 5.41) is 11.7. The molecule has 1 unspecified atom stereocenters. The second kappa shape index (κ2) is 10.1. The summed E-state index contributed by atoms with van der Waals surface area (Å²) in [5.41, 5.74) is 0.728. The number of amides is 1. The molecule has 1 saturated heterocycles. The Labute approximate surface area is 152 Å². The molecule has 2 N–H and O–H groups in total. The number of thioether (sulfide) groups is 1. The Morgan fingerprint density at radius 3 is 3.00 bits per heavy atom. The zero-order chi connectivity index (χ0) is 18.1. The summed E-state index contributed by atoms with van der Waals surface area (Å²) < 4.78 is 5.10. The second-order valence-corrected chi connectivity index (χ2v) is 6.98. The van der Waals surface area contributed by atoms with E-state index in [1.54, 1.807) is 6.92 Å². The van der Waals surface area contributed by atoms with Gasteiger partial charge in [0, 0.05) is 4.90 Å².